The van der Waals surface area contributed by atoms with Gasteiger partial charge in [0.15, 0.2) is 0 Å². The zero-order valence-corrected chi connectivity index (χ0v) is 13.4. The van der Waals surface area contributed by atoms with Gasteiger partial charge in [-0.2, -0.15) is 0 Å². The minimum absolute atomic E-state index is 0.716. The van der Waals surface area contributed by atoms with Crippen LogP contribution in [0.2, 0.25) is 0 Å². The van der Waals surface area contributed by atoms with Gasteiger partial charge in [0.25, 0.3) is 0 Å². The average Bonchev–Trinajstić information content (AvgIpc) is 2.95. The second-order valence-electron chi connectivity index (χ2n) is 5.78. The fourth-order valence-electron chi connectivity index (χ4n) is 2.77. The van der Waals surface area contributed by atoms with E-state index >= 15 is 0 Å². The van der Waals surface area contributed by atoms with Gasteiger partial charge in [0.2, 0.25) is 0 Å². The summed E-state index contributed by atoms with van der Waals surface area (Å²) in [6.45, 7) is 8.54. The molecule has 0 saturated carbocycles. The van der Waals surface area contributed by atoms with Crippen molar-refractivity contribution in [2.24, 2.45) is 0 Å². The lowest BCUT2D eigenvalue weighted by Gasteiger charge is -2.12. The second-order valence-corrected chi connectivity index (χ2v) is 5.78. The SMILES string of the molecule is Cc1cc(C)c(C)c(-c2cn(-c3cccc(N)c3)nn2)c1C. The topological polar surface area (TPSA) is 56.7 Å². The first kappa shape index (κ1) is 14.3. The third-order valence-electron chi connectivity index (χ3n) is 4.25. The Hall–Kier alpha value is -2.62. The van der Waals surface area contributed by atoms with E-state index in [0.29, 0.717) is 5.69 Å². The molecular formula is C18H20N4. The first-order valence-corrected chi connectivity index (χ1v) is 7.33. The number of aromatic nitrogens is 3. The highest BCUT2D eigenvalue weighted by Gasteiger charge is 2.14. The highest BCUT2D eigenvalue weighted by atomic mass is 15.4. The van der Waals surface area contributed by atoms with Crippen molar-refractivity contribution in [2.45, 2.75) is 27.7 Å². The Kier molecular flexibility index (Phi) is 3.45. The first-order valence-electron chi connectivity index (χ1n) is 7.33. The summed E-state index contributed by atoms with van der Waals surface area (Å²) in [5.74, 6) is 0. The van der Waals surface area contributed by atoms with Crippen LogP contribution in [0.25, 0.3) is 16.9 Å². The van der Waals surface area contributed by atoms with Crippen LogP contribution in [-0.4, -0.2) is 15.0 Å². The second kappa shape index (κ2) is 5.30. The molecule has 4 heteroatoms. The Labute approximate surface area is 130 Å². The summed E-state index contributed by atoms with van der Waals surface area (Å²) >= 11 is 0. The lowest BCUT2D eigenvalue weighted by Crippen LogP contribution is -1.96. The van der Waals surface area contributed by atoms with Crippen LogP contribution in [0, 0.1) is 27.7 Å². The molecule has 0 fully saturated rings. The number of anilines is 1. The molecule has 3 rings (SSSR count). The summed E-state index contributed by atoms with van der Waals surface area (Å²) < 4.78 is 1.77. The van der Waals surface area contributed by atoms with Gasteiger partial charge in [-0.1, -0.05) is 17.3 Å². The minimum atomic E-state index is 0.716. The zero-order valence-electron chi connectivity index (χ0n) is 13.4. The van der Waals surface area contributed by atoms with Crippen molar-refractivity contribution in [1.82, 2.24) is 15.0 Å². The van der Waals surface area contributed by atoms with Crippen molar-refractivity contribution in [3.05, 3.63) is 58.8 Å². The van der Waals surface area contributed by atoms with E-state index in [1.165, 1.54) is 27.8 Å². The highest BCUT2D eigenvalue weighted by Crippen LogP contribution is 2.30. The third kappa shape index (κ3) is 2.37. The Morgan fingerprint density at radius 2 is 1.64 bits per heavy atom. The summed E-state index contributed by atoms with van der Waals surface area (Å²) in [4.78, 5) is 0. The summed E-state index contributed by atoms with van der Waals surface area (Å²) in [6, 6.07) is 9.85. The number of hydrogen-bond donors (Lipinski definition) is 1. The van der Waals surface area contributed by atoms with Gasteiger partial charge in [0.1, 0.15) is 5.69 Å². The number of rotatable bonds is 2. The number of benzene rings is 2. The van der Waals surface area contributed by atoms with E-state index in [0.717, 1.165) is 11.4 Å². The highest BCUT2D eigenvalue weighted by molar-refractivity contribution is 5.70. The van der Waals surface area contributed by atoms with Crippen molar-refractivity contribution in [2.75, 3.05) is 5.73 Å². The predicted octanol–water partition coefficient (Wildman–Crippen LogP) is 3.75. The third-order valence-corrected chi connectivity index (χ3v) is 4.25. The van der Waals surface area contributed by atoms with E-state index in [4.69, 9.17) is 5.73 Å². The molecule has 0 amide bonds. The molecule has 1 heterocycles. The van der Waals surface area contributed by atoms with E-state index in [1.807, 2.05) is 30.5 Å². The maximum Gasteiger partial charge on any atom is 0.114 e. The van der Waals surface area contributed by atoms with E-state index in [-0.39, 0.29) is 0 Å². The Bertz CT molecular complexity index is 820. The minimum Gasteiger partial charge on any atom is -0.399 e. The zero-order chi connectivity index (χ0) is 15.9. The maximum atomic E-state index is 5.84. The van der Waals surface area contributed by atoms with Crippen molar-refractivity contribution < 1.29 is 0 Å². The number of hydrogen-bond acceptors (Lipinski definition) is 3. The van der Waals surface area contributed by atoms with Gasteiger partial charge in [-0.3, -0.25) is 0 Å². The summed E-state index contributed by atoms with van der Waals surface area (Å²) in [6.07, 6.45) is 1.96. The summed E-state index contributed by atoms with van der Waals surface area (Å²) in [5.41, 5.74) is 14.6. The van der Waals surface area contributed by atoms with Gasteiger partial charge in [0, 0.05) is 11.3 Å². The van der Waals surface area contributed by atoms with Crippen LogP contribution in [0.5, 0.6) is 0 Å². The van der Waals surface area contributed by atoms with Crippen molar-refractivity contribution >= 4 is 5.69 Å². The van der Waals surface area contributed by atoms with Gasteiger partial charge in [-0.25, -0.2) is 4.68 Å². The average molecular weight is 292 g/mol. The van der Waals surface area contributed by atoms with Gasteiger partial charge >= 0.3 is 0 Å². The van der Waals surface area contributed by atoms with Crippen LogP contribution in [0.15, 0.2) is 36.5 Å². The molecule has 0 atom stereocenters. The molecule has 0 aliphatic heterocycles. The fraction of sp³-hybridized carbons (Fsp3) is 0.222. The van der Waals surface area contributed by atoms with Crippen LogP contribution in [0.4, 0.5) is 5.69 Å². The molecule has 0 radical (unpaired) electrons. The number of aryl methyl sites for hydroxylation is 2. The van der Waals surface area contributed by atoms with Crippen LogP contribution in [0.1, 0.15) is 22.3 Å². The summed E-state index contributed by atoms with van der Waals surface area (Å²) in [5, 5.41) is 8.63. The lowest BCUT2D eigenvalue weighted by atomic mass is 9.93. The molecule has 0 aliphatic carbocycles. The number of nitrogens with two attached hydrogens (primary N) is 1. The number of nitrogen functional groups attached to an aromatic ring is 1. The monoisotopic (exact) mass is 292 g/mol. The van der Waals surface area contributed by atoms with E-state index in [2.05, 4.69) is 44.1 Å². The molecule has 0 unspecified atom stereocenters. The van der Waals surface area contributed by atoms with E-state index < -0.39 is 0 Å². The molecule has 22 heavy (non-hydrogen) atoms. The molecule has 112 valence electrons. The lowest BCUT2D eigenvalue weighted by molar-refractivity contribution is 0.804. The standard InChI is InChI=1S/C18H20N4/c1-11-8-12(2)14(4)18(13(11)3)17-10-22(21-20-17)16-7-5-6-15(19)9-16/h5-10H,19H2,1-4H3. The van der Waals surface area contributed by atoms with Crippen molar-refractivity contribution in [3.8, 4) is 16.9 Å². The fourth-order valence-corrected chi connectivity index (χ4v) is 2.77. The Morgan fingerprint density at radius 3 is 2.27 bits per heavy atom. The smallest absolute Gasteiger partial charge is 0.114 e. The predicted molar refractivity (Wildman–Crippen MR) is 90.2 cm³/mol. The molecule has 0 saturated heterocycles. The van der Waals surface area contributed by atoms with Crippen LogP contribution >= 0.6 is 0 Å². The van der Waals surface area contributed by atoms with Crippen molar-refractivity contribution in [3.63, 3.8) is 0 Å². The molecule has 4 nitrogen and oxygen atoms in total. The molecule has 0 aliphatic rings. The molecule has 0 spiro atoms. The largest absolute Gasteiger partial charge is 0.399 e. The van der Waals surface area contributed by atoms with Gasteiger partial charge < -0.3 is 5.73 Å². The van der Waals surface area contributed by atoms with Gasteiger partial charge in [0.05, 0.1) is 11.9 Å². The molecule has 0 bridgehead atoms. The molecule has 2 N–H and O–H groups in total. The molecular weight excluding hydrogens is 272 g/mol. The van der Waals surface area contributed by atoms with Crippen LogP contribution in [-0.2, 0) is 0 Å². The molecule has 2 aromatic carbocycles. The summed E-state index contributed by atoms with van der Waals surface area (Å²) in [7, 11) is 0. The first-order chi connectivity index (χ1) is 10.5. The Balaban J connectivity index is 2.13. The maximum absolute atomic E-state index is 5.84. The Morgan fingerprint density at radius 1 is 0.955 bits per heavy atom. The van der Waals surface area contributed by atoms with Gasteiger partial charge in [-0.15, -0.1) is 5.10 Å². The van der Waals surface area contributed by atoms with Gasteiger partial charge in [-0.05, 0) is 68.1 Å². The van der Waals surface area contributed by atoms with E-state index in [1.54, 1.807) is 4.68 Å². The number of nitrogens with zero attached hydrogens (tertiary/aromatic N) is 3. The van der Waals surface area contributed by atoms with Crippen LogP contribution in [0.3, 0.4) is 0 Å². The van der Waals surface area contributed by atoms with E-state index in [9.17, 15) is 0 Å². The normalized spacial score (nSPS) is 10.9. The van der Waals surface area contributed by atoms with Crippen molar-refractivity contribution in [1.29, 1.82) is 0 Å². The quantitative estimate of drug-likeness (QED) is 0.732. The molecule has 3 aromatic rings. The van der Waals surface area contributed by atoms with Crippen LogP contribution < -0.4 is 5.73 Å². The molecule has 1 aromatic heterocycles.